The van der Waals surface area contributed by atoms with Gasteiger partial charge in [0.1, 0.15) is 5.54 Å². The van der Waals surface area contributed by atoms with E-state index in [1.807, 2.05) is 60.7 Å². The maximum Gasteiger partial charge on any atom is 0.332 e. The van der Waals surface area contributed by atoms with E-state index in [9.17, 15) is 9.59 Å². The number of likely N-dealkylation sites (tertiary alicyclic amines) is 1. The quantitative estimate of drug-likeness (QED) is 0.649. The fourth-order valence-corrected chi connectivity index (χ4v) is 4.06. The summed E-state index contributed by atoms with van der Waals surface area (Å²) in [5.41, 5.74) is 0.644. The molecule has 1 amide bonds. The number of hydrogen-bond donors (Lipinski definition) is 0. The van der Waals surface area contributed by atoms with Crippen molar-refractivity contribution in [3.05, 3.63) is 76.3 Å². The zero-order valence-corrected chi connectivity index (χ0v) is 16.8. The molecule has 1 heterocycles. The Morgan fingerprint density at radius 1 is 1.15 bits per heavy atom. The van der Waals surface area contributed by atoms with E-state index in [-0.39, 0.29) is 11.9 Å². The number of carbonyl (C=O) groups is 2. The summed E-state index contributed by atoms with van der Waals surface area (Å²) in [4.78, 5) is 27.6. The van der Waals surface area contributed by atoms with Crippen LogP contribution in [0.2, 0.25) is 0 Å². The normalized spacial score (nSPS) is 19.4. The van der Waals surface area contributed by atoms with Gasteiger partial charge in [0.05, 0.1) is 12.7 Å². The molecule has 5 heteroatoms. The third-order valence-corrected chi connectivity index (χ3v) is 5.66. The zero-order chi connectivity index (χ0) is 19.3. The summed E-state index contributed by atoms with van der Waals surface area (Å²) >= 11 is 3.44. The Kier molecular flexibility index (Phi) is 6.11. The predicted octanol–water partition coefficient (Wildman–Crippen LogP) is 4.70. The van der Waals surface area contributed by atoms with E-state index in [0.29, 0.717) is 24.9 Å². The molecular formula is C22H22BrNO3. The van der Waals surface area contributed by atoms with Crippen LogP contribution in [0.3, 0.4) is 0 Å². The number of ether oxygens (including phenoxy) is 1. The molecule has 2 aromatic carbocycles. The fourth-order valence-electron chi connectivity index (χ4n) is 3.61. The first-order chi connectivity index (χ1) is 13.1. The number of carbonyl (C=O) groups excluding carboxylic acids is 2. The maximum absolute atomic E-state index is 13.2. The van der Waals surface area contributed by atoms with Crippen LogP contribution in [0.15, 0.2) is 65.1 Å². The Hall–Kier alpha value is -2.40. The largest absolute Gasteiger partial charge is 0.467 e. The van der Waals surface area contributed by atoms with E-state index in [1.165, 1.54) is 7.11 Å². The molecule has 0 aliphatic carbocycles. The van der Waals surface area contributed by atoms with E-state index in [1.54, 1.807) is 11.0 Å². The summed E-state index contributed by atoms with van der Waals surface area (Å²) < 4.78 is 5.83. The SMILES string of the molecule is COC(=O)C1(C/C=C\c2ccccc2)CCCN1C(=O)c1ccccc1Br. The number of methoxy groups -OCH3 is 1. The van der Waals surface area contributed by atoms with Crippen molar-refractivity contribution in [3.8, 4) is 0 Å². The van der Waals surface area contributed by atoms with Crippen LogP contribution in [0.25, 0.3) is 6.08 Å². The van der Waals surface area contributed by atoms with Gasteiger partial charge in [0.2, 0.25) is 0 Å². The van der Waals surface area contributed by atoms with Gasteiger partial charge in [-0.25, -0.2) is 4.79 Å². The second kappa shape index (κ2) is 8.53. The molecule has 0 bridgehead atoms. The zero-order valence-electron chi connectivity index (χ0n) is 15.2. The number of rotatable bonds is 5. The van der Waals surface area contributed by atoms with Crippen LogP contribution in [-0.4, -0.2) is 36.0 Å². The van der Waals surface area contributed by atoms with Gasteiger partial charge in [0.15, 0.2) is 0 Å². The maximum atomic E-state index is 13.2. The molecule has 1 fully saturated rings. The highest BCUT2D eigenvalue weighted by atomic mass is 79.9. The highest BCUT2D eigenvalue weighted by Crippen LogP contribution is 2.36. The molecule has 1 atom stereocenters. The van der Waals surface area contributed by atoms with Gasteiger partial charge in [-0.05, 0) is 52.9 Å². The van der Waals surface area contributed by atoms with Crippen LogP contribution in [0.5, 0.6) is 0 Å². The Balaban J connectivity index is 1.90. The van der Waals surface area contributed by atoms with Crippen molar-refractivity contribution in [1.29, 1.82) is 0 Å². The average molecular weight is 428 g/mol. The monoisotopic (exact) mass is 427 g/mol. The van der Waals surface area contributed by atoms with Gasteiger partial charge in [0.25, 0.3) is 5.91 Å². The highest BCUT2D eigenvalue weighted by Gasteiger charge is 2.50. The second-order valence-corrected chi connectivity index (χ2v) is 7.43. The lowest BCUT2D eigenvalue weighted by Gasteiger charge is -2.35. The van der Waals surface area contributed by atoms with Crippen LogP contribution in [0, 0.1) is 0 Å². The molecule has 0 aromatic heterocycles. The van der Waals surface area contributed by atoms with E-state index in [0.717, 1.165) is 16.5 Å². The van der Waals surface area contributed by atoms with E-state index >= 15 is 0 Å². The lowest BCUT2D eigenvalue weighted by Crippen LogP contribution is -2.53. The van der Waals surface area contributed by atoms with Gasteiger partial charge in [-0.15, -0.1) is 0 Å². The molecule has 4 nitrogen and oxygen atoms in total. The molecule has 0 N–H and O–H groups in total. The summed E-state index contributed by atoms with van der Waals surface area (Å²) in [7, 11) is 1.38. The van der Waals surface area contributed by atoms with Crippen molar-refractivity contribution in [3.63, 3.8) is 0 Å². The van der Waals surface area contributed by atoms with Crippen molar-refractivity contribution in [2.45, 2.75) is 24.8 Å². The molecule has 1 aliphatic rings. The van der Waals surface area contributed by atoms with Crippen LogP contribution in [0.1, 0.15) is 35.2 Å². The number of esters is 1. The Morgan fingerprint density at radius 2 is 1.85 bits per heavy atom. The molecular weight excluding hydrogens is 406 g/mol. The van der Waals surface area contributed by atoms with Gasteiger partial charge in [0, 0.05) is 11.0 Å². The van der Waals surface area contributed by atoms with Crippen LogP contribution >= 0.6 is 15.9 Å². The van der Waals surface area contributed by atoms with Crippen molar-refractivity contribution < 1.29 is 14.3 Å². The molecule has 0 radical (unpaired) electrons. The summed E-state index contributed by atoms with van der Waals surface area (Å²) in [5, 5.41) is 0. The third kappa shape index (κ3) is 3.98. The molecule has 3 rings (SSSR count). The Labute approximate surface area is 168 Å². The number of halogens is 1. The number of nitrogens with zero attached hydrogens (tertiary/aromatic N) is 1. The standard InChI is InChI=1S/C22H22BrNO3/c1-27-21(26)22(14-7-11-17-9-3-2-4-10-17)15-8-16-24(22)20(25)18-12-5-6-13-19(18)23/h2-7,9-13H,8,14-16H2,1H3/b11-7-. The van der Waals surface area contributed by atoms with Crippen molar-refractivity contribution in [1.82, 2.24) is 4.90 Å². The molecule has 1 aliphatic heterocycles. The lowest BCUT2D eigenvalue weighted by atomic mass is 9.90. The van der Waals surface area contributed by atoms with E-state index in [2.05, 4.69) is 15.9 Å². The summed E-state index contributed by atoms with van der Waals surface area (Å²) in [5.74, 6) is -0.517. The molecule has 140 valence electrons. The first-order valence-electron chi connectivity index (χ1n) is 8.95. The van der Waals surface area contributed by atoms with Crippen LogP contribution < -0.4 is 0 Å². The number of amides is 1. The van der Waals surface area contributed by atoms with Gasteiger partial charge >= 0.3 is 5.97 Å². The first-order valence-corrected chi connectivity index (χ1v) is 9.74. The van der Waals surface area contributed by atoms with E-state index in [4.69, 9.17) is 4.74 Å². The molecule has 1 saturated heterocycles. The average Bonchev–Trinajstić information content (AvgIpc) is 3.13. The summed E-state index contributed by atoms with van der Waals surface area (Å²) in [6.45, 7) is 0.536. The Morgan fingerprint density at radius 3 is 2.56 bits per heavy atom. The molecule has 27 heavy (non-hydrogen) atoms. The van der Waals surface area contributed by atoms with Gasteiger partial charge in [-0.3, -0.25) is 4.79 Å². The number of benzene rings is 2. The lowest BCUT2D eigenvalue weighted by molar-refractivity contribution is -0.152. The summed E-state index contributed by atoms with van der Waals surface area (Å²) in [6.07, 6.45) is 5.71. The van der Waals surface area contributed by atoms with Crippen molar-refractivity contribution in [2.75, 3.05) is 13.7 Å². The minimum absolute atomic E-state index is 0.154. The molecule has 2 aromatic rings. The molecule has 0 spiro atoms. The highest BCUT2D eigenvalue weighted by molar-refractivity contribution is 9.10. The minimum Gasteiger partial charge on any atom is -0.467 e. The third-order valence-electron chi connectivity index (χ3n) is 4.97. The fraction of sp³-hybridized carbons (Fsp3) is 0.273. The minimum atomic E-state index is -0.966. The molecule has 0 saturated carbocycles. The van der Waals surface area contributed by atoms with Gasteiger partial charge in [-0.2, -0.15) is 0 Å². The van der Waals surface area contributed by atoms with Gasteiger partial charge in [-0.1, -0.05) is 54.6 Å². The summed E-state index contributed by atoms with van der Waals surface area (Å²) in [6, 6.07) is 17.2. The topological polar surface area (TPSA) is 46.6 Å². The van der Waals surface area contributed by atoms with Gasteiger partial charge < -0.3 is 9.64 Å². The number of hydrogen-bond acceptors (Lipinski definition) is 3. The predicted molar refractivity (Wildman–Crippen MR) is 109 cm³/mol. The van der Waals surface area contributed by atoms with E-state index < -0.39 is 5.54 Å². The van der Waals surface area contributed by atoms with Crippen LogP contribution in [0.4, 0.5) is 0 Å². The molecule has 1 unspecified atom stereocenters. The van der Waals surface area contributed by atoms with Crippen molar-refractivity contribution >= 4 is 33.9 Å². The van der Waals surface area contributed by atoms with Crippen molar-refractivity contribution in [2.24, 2.45) is 0 Å². The Bertz CT molecular complexity index is 850. The first kappa shape index (κ1) is 19.4. The smallest absolute Gasteiger partial charge is 0.332 e. The second-order valence-electron chi connectivity index (χ2n) is 6.58. The van der Waals surface area contributed by atoms with Crippen LogP contribution in [-0.2, 0) is 9.53 Å².